The van der Waals surface area contributed by atoms with E-state index in [1.165, 1.54) is 0 Å². The van der Waals surface area contributed by atoms with Crippen molar-refractivity contribution < 1.29 is 9.67 Å². The van der Waals surface area contributed by atoms with E-state index >= 15 is 0 Å². The Bertz CT molecular complexity index is 582. The third-order valence-corrected chi connectivity index (χ3v) is 4.05. The molecule has 0 unspecified atom stereocenters. The number of rotatable bonds is 0. The van der Waals surface area contributed by atoms with Gasteiger partial charge >= 0.3 is 11.5 Å². The second-order valence-electron chi connectivity index (χ2n) is 6.53. The lowest BCUT2D eigenvalue weighted by atomic mass is 9.88. The molecule has 0 saturated heterocycles. The molecule has 0 bridgehead atoms. The van der Waals surface area contributed by atoms with E-state index in [0.29, 0.717) is 5.56 Å². The van der Waals surface area contributed by atoms with E-state index in [1.54, 1.807) is 0 Å². The summed E-state index contributed by atoms with van der Waals surface area (Å²) >= 11 is 0. The van der Waals surface area contributed by atoms with Crippen LogP contribution < -0.4 is 20.1 Å². The zero-order chi connectivity index (χ0) is 13.8. The highest BCUT2D eigenvalue weighted by Gasteiger charge is 2.36. The van der Waals surface area contributed by atoms with Gasteiger partial charge in [-0.2, -0.15) is 4.57 Å². The van der Waals surface area contributed by atoms with E-state index in [9.17, 15) is 9.90 Å². The van der Waals surface area contributed by atoms with Crippen LogP contribution in [0.3, 0.4) is 0 Å². The van der Waals surface area contributed by atoms with E-state index in [-0.39, 0.29) is 11.4 Å². The quantitative estimate of drug-likeness (QED) is 0.625. The zero-order valence-corrected chi connectivity index (χ0v) is 11.9. The van der Waals surface area contributed by atoms with Gasteiger partial charge in [-0.05, 0) is 5.41 Å². The van der Waals surface area contributed by atoms with Gasteiger partial charge in [0.15, 0.2) is 0 Å². The fourth-order valence-corrected chi connectivity index (χ4v) is 3.23. The summed E-state index contributed by atoms with van der Waals surface area (Å²) in [5.74, 6) is 0.746. The number of hydrogen-bond acceptors (Lipinski definition) is 3. The first kappa shape index (κ1) is 12.5. The van der Waals surface area contributed by atoms with Crippen LogP contribution >= 0.6 is 0 Å². The Morgan fingerprint density at radius 3 is 2.53 bits per heavy atom. The molecule has 0 amide bonds. The van der Waals surface area contributed by atoms with Crippen LogP contribution in [-0.2, 0) is 18.5 Å². The van der Waals surface area contributed by atoms with Crippen LogP contribution in [0.25, 0.3) is 0 Å². The molecule has 2 aliphatic rings. The molecule has 0 radical (unpaired) electrons. The Labute approximate surface area is 113 Å². The highest BCUT2D eigenvalue weighted by molar-refractivity contribution is 5.35. The van der Waals surface area contributed by atoms with Crippen molar-refractivity contribution in [2.45, 2.75) is 52.1 Å². The third-order valence-electron chi connectivity index (χ3n) is 4.05. The molecule has 0 aromatic carbocycles. The van der Waals surface area contributed by atoms with Crippen molar-refractivity contribution in [1.29, 1.82) is 0 Å². The molecule has 19 heavy (non-hydrogen) atoms. The molecule has 0 aliphatic carbocycles. The normalized spacial score (nSPS) is 18.4. The molecule has 2 aliphatic heterocycles. The Hall–Kier alpha value is -1.52. The van der Waals surface area contributed by atoms with Crippen LogP contribution in [0.1, 0.15) is 39.2 Å². The van der Waals surface area contributed by atoms with Crippen molar-refractivity contribution in [2.75, 3.05) is 18.0 Å². The summed E-state index contributed by atoms with van der Waals surface area (Å²) in [6.45, 7) is 9.18. The number of aromatic nitrogens is 2. The van der Waals surface area contributed by atoms with Gasteiger partial charge in [-0.15, -0.1) is 0 Å². The molecule has 3 heterocycles. The monoisotopic (exact) mass is 263 g/mol. The van der Waals surface area contributed by atoms with E-state index in [2.05, 4.69) is 4.90 Å². The molecular weight excluding hydrogens is 242 g/mol. The number of hydrogen-bond donors (Lipinski definition) is 0. The van der Waals surface area contributed by atoms with Gasteiger partial charge in [0.25, 0.3) is 0 Å². The van der Waals surface area contributed by atoms with Crippen LogP contribution in [-0.4, -0.2) is 17.7 Å². The fourth-order valence-electron chi connectivity index (χ4n) is 3.23. The number of nitrogens with zero attached hydrogens (tertiary/aromatic N) is 3. The Morgan fingerprint density at radius 2 is 1.84 bits per heavy atom. The van der Waals surface area contributed by atoms with Gasteiger partial charge in [0.2, 0.25) is 0 Å². The fraction of sp³-hybridized carbons (Fsp3) is 0.714. The SMILES string of the molecule is CC(C)(C)c1c([O-])[n+]2c3n(c1=O)CCCN3CCC2. The van der Waals surface area contributed by atoms with Gasteiger partial charge in [-0.1, -0.05) is 20.8 Å². The molecule has 1 aromatic heterocycles. The topological polar surface area (TPSA) is 52.2 Å². The number of anilines is 1. The summed E-state index contributed by atoms with van der Waals surface area (Å²) < 4.78 is 3.62. The van der Waals surface area contributed by atoms with Crippen molar-refractivity contribution in [2.24, 2.45) is 0 Å². The maximum atomic E-state index is 12.6. The maximum absolute atomic E-state index is 12.6. The summed E-state index contributed by atoms with van der Waals surface area (Å²) in [4.78, 5) is 14.8. The lowest BCUT2D eigenvalue weighted by Gasteiger charge is -2.35. The van der Waals surface area contributed by atoms with Crippen LogP contribution in [0.15, 0.2) is 4.79 Å². The lowest BCUT2D eigenvalue weighted by molar-refractivity contribution is -0.732. The molecule has 0 N–H and O–H groups in total. The largest absolute Gasteiger partial charge is 0.848 e. The Balaban J connectivity index is 2.36. The second-order valence-corrected chi connectivity index (χ2v) is 6.53. The van der Waals surface area contributed by atoms with Gasteiger partial charge in [0.05, 0.1) is 31.7 Å². The smallest absolute Gasteiger partial charge is 0.362 e. The van der Waals surface area contributed by atoms with E-state index in [1.807, 2.05) is 29.9 Å². The Kier molecular flexibility index (Phi) is 2.62. The summed E-state index contributed by atoms with van der Waals surface area (Å²) in [5, 5.41) is 12.6. The predicted octanol–water partition coefficient (Wildman–Crippen LogP) is 0.121. The average molecular weight is 263 g/mol. The summed E-state index contributed by atoms with van der Waals surface area (Å²) in [6.07, 6.45) is 1.96. The molecule has 0 fully saturated rings. The van der Waals surface area contributed by atoms with Gasteiger partial charge in [-0.3, -0.25) is 9.69 Å². The van der Waals surface area contributed by atoms with Crippen LogP contribution in [0.2, 0.25) is 0 Å². The molecule has 5 heteroatoms. The standard InChI is InChI=1S/C14H21N3O2/c1-14(2,3)10-11(18)16-8-4-6-15-7-5-9-17(12(10)19)13(15)16/h4-9H2,1-3H3. The highest BCUT2D eigenvalue weighted by atomic mass is 16.3. The molecule has 3 rings (SSSR count). The molecule has 0 atom stereocenters. The van der Waals surface area contributed by atoms with Gasteiger partial charge in [0, 0.05) is 18.7 Å². The van der Waals surface area contributed by atoms with Crippen molar-refractivity contribution >= 4 is 5.95 Å². The van der Waals surface area contributed by atoms with Crippen molar-refractivity contribution in [1.82, 2.24) is 4.57 Å². The van der Waals surface area contributed by atoms with Gasteiger partial charge < -0.3 is 5.11 Å². The minimum absolute atomic E-state index is 0.0876. The van der Waals surface area contributed by atoms with Crippen molar-refractivity contribution in [3.05, 3.63) is 15.9 Å². The van der Waals surface area contributed by atoms with E-state index in [0.717, 1.165) is 45.0 Å². The highest BCUT2D eigenvalue weighted by Crippen LogP contribution is 2.28. The van der Waals surface area contributed by atoms with Crippen LogP contribution in [0, 0.1) is 0 Å². The summed E-state index contributed by atoms with van der Waals surface area (Å²) in [6, 6.07) is 0. The van der Waals surface area contributed by atoms with Gasteiger partial charge in [-0.25, -0.2) is 4.57 Å². The van der Waals surface area contributed by atoms with Crippen LogP contribution in [0.5, 0.6) is 5.88 Å². The predicted molar refractivity (Wildman–Crippen MR) is 70.5 cm³/mol. The summed E-state index contributed by atoms with van der Waals surface area (Å²) in [7, 11) is 0. The third kappa shape index (κ3) is 1.75. The zero-order valence-electron chi connectivity index (χ0n) is 11.9. The first-order valence-electron chi connectivity index (χ1n) is 7.04. The van der Waals surface area contributed by atoms with Crippen molar-refractivity contribution in [3.63, 3.8) is 0 Å². The van der Waals surface area contributed by atoms with Crippen molar-refractivity contribution in [3.8, 4) is 5.88 Å². The van der Waals surface area contributed by atoms with E-state index < -0.39 is 5.41 Å². The molecular formula is C14H21N3O2. The first-order valence-corrected chi connectivity index (χ1v) is 7.04. The minimum Gasteiger partial charge on any atom is -0.848 e. The first-order chi connectivity index (χ1) is 8.91. The van der Waals surface area contributed by atoms with E-state index in [4.69, 9.17) is 0 Å². The van der Waals surface area contributed by atoms with Gasteiger partial charge in [0.1, 0.15) is 0 Å². The molecule has 1 aromatic rings. The molecule has 0 saturated carbocycles. The molecule has 5 nitrogen and oxygen atoms in total. The minimum atomic E-state index is -0.403. The summed E-state index contributed by atoms with van der Waals surface area (Å²) in [5.41, 5.74) is -0.0604. The second kappa shape index (κ2) is 3.99. The lowest BCUT2D eigenvalue weighted by Crippen LogP contribution is -2.58. The average Bonchev–Trinajstić information content (AvgIpc) is 2.34. The molecule has 104 valence electrons. The Morgan fingerprint density at radius 1 is 1.16 bits per heavy atom. The van der Waals surface area contributed by atoms with Crippen LogP contribution in [0.4, 0.5) is 5.95 Å². The maximum Gasteiger partial charge on any atom is 0.362 e. The molecule has 0 spiro atoms.